The maximum absolute atomic E-state index is 9.81. The number of nitrogens with zero attached hydrogens (tertiary/aromatic N) is 4. The minimum atomic E-state index is -0.368. The Labute approximate surface area is 174 Å². The topological polar surface area (TPSA) is 91.0 Å². The number of fused-ring (bicyclic) bond motifs is 2. The molecule has 5 rings (SSSR count). The Morgan fingerprint density at radius 3 is 1.43 bits per heavy atom. The van der Waals surface area contributed by atoms with Crippen molar-refractivity contribution in [2.24, 2.45) is 0 Å². The summed E-state index contributed by atoms with van der Waals surface area (Å²) in [6.07, 6.45) is 0. The second-order valence-electron chi connectivity index (χ2n) is 7.36. The van der Waals surface area contributed by atoms with E-state index in [2.05, 4.69) is 21.9 Å². The lowest BCUT2D eigenvalue weighted by molar-refractivity contribution is 0.0978. The Morgan fingerprint density at radius 2 is 1.03 bits per heavy atom. The average Bonchev–Trinajstić information content (AvgIpc) is 3.44. The van der Waals surface area contributed by atoms with Crippen LogP contribution in [-0.4, -0.2) is 49.6 Å². The summed E-state index contributed by atoms with van der Waals surface area (Å²) in [5.41, 5.74) is 1.78. The van der Waals surface area contributed by atoms with Crippen LogP contribution in [0.5, 0.6) is 23.0 Å². The fourth-order valence-electron chi connectivity index (χ4n) is 4.15. The highest BCUT2D eigenvalue weighted by molar-refractivity contribution is 5.47. The molecule has 0 unspecified atom stereocenters. The molecule has 30 heavy (non-hydrogen) atoms. The number of hydrogen-bond acceptors (Lipinski definition) is 8. The van der Waals surface area contributed by atoms with Gasteiger partial charge in [-0.3, -0.25) is 9.80 Å². The molecule has 3 heterocycles. The maximum Gasteiger partial charge on any atom is 0.231 e. The van der Waals surface area contributed by atoms with Crippen LogP contribution in [0.2, 0.25) is 0 Å². The molecule has 2 atom stereocenters. The Balaban J connectivity index is 1.28. The van der Waals surface area contributed by atoms with Gasteiger partial charge in [-0.15, -0.1) is 0 Å². The molecule has 3 aliphatic rings. The molecule has 0 aliphatic carbocycles. The number of ether oxygens (including phenoxy) is 4. The molecule has 2 aromatic carbocycles. The van der Waals surface area contributed by atoms with E-state index in [1.807, 2.05) is 36.4 Å². The zero-order valence-corrected chi connectivity index (χ0v) is 16.3. The van der Waals surface area contributed by atoms with Crippen molar-refractivity contribution < 1.29 is 18.9 Å². The lowest BCUT2D eigenvalue weighted by Crippen LogP contribution is -2.48. The van der Waals surface area contributed by atoms with Crippen LogP contribution in [0.15, 0.2) is 36.4 Å². The first-order chi connectivity index (χ1) is 14.8. The highest BCUT2D eigenvalue weighted by atomic mass is 16.7. The van der Waals surface area contributed by atoms with Gasteiger partial charge < -0.3 is 18.9 Å². The van der Waals surface area contributed by atoms with Gasteiger partial charge in [0.05, 0.1) is 12.1 Å². The first-order valence-corrected chi connectivity index (χ1v) is 9.83. The molecule has 152 valence electrons. The van der Waals surface area contributed by atoms with Gasteiger partial charge >= 0.3 is 0 Å². The Bertz CT molecular complexity index is 953. The van der Waals surface area contributed by atoms with Crippen LogP contribution in [0.25, 0.3) is 0 Å². The molecule has 8 nitrogen and oxygen atoms in total. The fourth-order valence-corrected chi connectivity index (χ4v) is 4.15. The number of hydrogen-bond donors (Lipinski definition) is 0. The summed E-state index contributed by atoms with van der Waals surface area (Å²) in [6.45, 7) is 3.18. The molecular formula is C22H20N4O4. The summed E-state index contributed by atoms with van der Waals surface area (Å²) in [5.74, 6) is 2.78. The van der Waals surface area contributed by atoms with Crippen molar-refractivity contribution in [1.82, 2.24) is 9.80 Å². The van der Waals surface area contributed by atoms with Crippen LogP contribution >= 0.6 is 0 Å². The molecule has 0 bridgehead atoms. The van der Waals surface area contributed by atoms with Gasteiger partial charge in [-0.2, -0.15) is 10.5 Å². The van der Waals surface area contributed by atoms with E-state index < -0.39 is 0 Å². The van der Waals surface area contributed by atoms with Crippen LogP contribution in [0, 0.1) is 22.7 Å². The van der Waals surface area contributed by atoms with Crippen LogP contribution in [0.3, 0.4) is 0 Å². The van der Waals surface area contributed by atoms with Crippen molar-refractivity contribution in [2.75, 3.05) is 39.8 Å². The minimum absolute atomic E-state index is 0.212. The van der Waals surface area contributed by atoms with Gasteiger partial charge in [0.2, 0.25) is 13.6 Å². The molecule has 2 aromatic rings. The molecule has 1 fully saturated rings. The summed E-state index contributed by atoms with van der Waals surface area (Å²) in [5, 5.41) is 19.6. The number of benzene rings is 2. The highest BCUT2D eigenvalue weighted by Crippen LogP contribution is 2.37. The third kappa shape index (κ3) is 3.26. The SMILES string of the molecule is N#C[C@@H](c1ccc2c(c1)OCO2)N1CCN([C@@H](C#N)c2ccc3c(c2)OCO3)CC1. The van der Waals surface area contributed by atoms with Gasteiger partial charge in [-0.05, 0) is 35.4 Å². The lowest BCUT2D eigenvalue weighted by Gasteiger charge is -2.38. The number of piperazine rings is 1. The van der Waals surface area contributed by atoms with Gasteiger partial charge in [0.25, 0.3) is 0 Å². The predicted molar refractivity (Wildman–Crippen MR) is 105 cm³/mol. The molecular weight excluding hydrogens is 384 g/mol. The van der Waals surface area contributed by atoms with Crippen molar-refractivity contribution in [3.8, 4) is 35.1 Å². The van der Waals surface area contributed by atoms with Gasteiger partial charge in [0, 0.05) is 26.2 Å². The van der Waals surface area contributed by atoms with E-state index in [9.17, 15) is 10.5 Å². The first-order valence-electron chi connectivity index (χ1n) is 9.83. The Kier molecular flexibility index (Phi) is 4.80. The average molecular weight is 404 g/mol. The lowest BCUT2D eigenvalue weighted by atomic mass is 10.0. The molecule has 0 spiro atoms. The van der Waals surface area contributed by atoms with Crippen LogP contribution in [0.4, 0.5) is 0 Å². The molecule has 1 saturated heterocycles. The third-order valence-corrected chi connectivity index (χ3v) is 5.75. The second-order valence-corrected chi connectivity index (χ2v) is 7.36. The van der Waals surface area contributed by atoms with E-state index in [1.54, 1.807) is 0 Å². The summed E-state index contributed by atoms with van der Waals surface area (Å²) in [4.78, 5) is 4.28. The molecule has 0 aromatic heterocycles. The predicted octanol–water partition coefficient (Wildman–Crippen LogP) is 2.59. The molecule has 0 saturated carbocycles. The monoisotopic (exact) mass is 404 g/mol. The highest BCUT2D eigenvalue weighted by Gasteiger charge is 2.30. The van der Waals surface area contributed by atoms with Gasteiger partial charge in [0.15, 0.2) is 23.0 Å². The second kappa shape index (κ2) is 7.75. The van der Waals surface area contributed by atoms with Crippen molar-refractivity contribution in [2.45, 2.75) is 12.1 Å². The molecule has 8 heteroatoms. The number of nitriles is 2. The molecule has 0 N–H and O–H groups in total. The van der Waals surface area contributed by atoms with E-state index in [-0.39, 0.29) is 25.7 Å². The first kappa shape index (κ1) is 18.6. The zero-order chi connectivity index (χ0) is 20.5. The largest absolute Gasteiger partial charge is 0.454 e. The van der Waals surface area contributed by atoms with E-state index >= 15 is 0 Å². The summed E-state index contributed by atoms with van der Waals surface area (Å²) in [7, 11) is 0. The van der Waals surface area contributed by atoms with Crippen molar-refractivity contribution in [1.29, 1.82) is 10.5 Å². The molecule has 0 amide bonds. The standard InChI is InChI=1S/C22H20N4O4/c23-11-17(15-1-3-19-21(9-15)29-13-27-19)25-5-7-26(8-6-25)18(12-24)16-2-4-20-22(10-16)30-14-28-20/h1-4,9-10,17-18H,5-8,13-14H2/t17-,18-/m0/s1. The fraction of sp³-hybridized carbons (Fsp3) is 0.364. The zero-order valence-electron chi connectivity index (χ0n) is 16.3. The van der Waals surface area contributed by atoms with Crippen LogP contribution in [-0.2, 0) is 0 Å². The number of rotatable bonds is 4. The van der Waals surface area contributed by atoms with E-state index in [1.165, 1.54) is 0 Å². The van der Waals surface area contributed by atoms with E-state index in [0.29, 0.717) is 49.2 Å². The Morgan fingerprint density at radius 1 is 0.633 bits per heavy atom. The quantitative estimate of drug-likeness (QED) is 0.768. The smallest absolute Gasteiger partial charge is 0.231 e. The summed E-state index contributed by atoms with van der Waals surface area (Å²) >= 11 is 0. The van der Waals surface area contributed by atoms with E-state index in [4.69, 9.17) is 18.9 Å². The molecule has 3 aliphatic heterocycles. The van der Waals surface area contributed by atoms with Gasteiger partial charge in [-0.1, -0.05) is 12.1 Å². The normalized spacial score (nSPS) is 19.7. The van der Waals surface area contributed by atoms with Crippen molar-refractivity contribution >= 4 is 0 Å². The third-order valence-electron chi connectivity index (χ3n) is 5.75. The molecule has 0 radical (unpaired) electrons. The Hall–Kier alpha value is -3.46. The van der Waals surface area contributed by atoms with Crippen molar-refractivity contribution in [3.63, 3.8) is 0 Å². The van der Waals surface area contributed by atoms with Crippen LogP contribution < -0.4 is 18.9 Å². The van der Waals surface area contributed by atoms with Crippen molar-refractivity contribution in [3.05, 3.63) is 47.5 Å². The van der Waals surface area contributed by atoms with Crippen LogP contribution in [0.1, 0.15) is 23.2 Å². The maximum atomic E-state index is 9.81. The van der Waals surface area contributed by atoms with Gasteiger partial charge in [0.1, 0.15) is 12.1 Å². The van der Waals surface area contributed by atoms with E-state index in [0.717, 1.165) is 11.1 Å². The summed E-state index contributed by atoms with van der Waals surface area (Å²) < 4.78 is 21.6. The van der Waals surface area contributed by atoms with Gasteiger partial charge in [-0.25, -0.2) is 0 Å². The minimum Gasteiger partial charge on any atom is -0.454 e. The summed E-state index contributed by atoms with van der Waals surface area (Å²) in [6, 6.07) is 15.4.